The zero-order valence-corrected chi connectivity index (χ0v) is 14.1. The standard InChI is InChI=1S/C18H15ClFN3O2/c1-11(12-6-3-2-4-7-12)21-17(24)18-23-22-16(25-18)10-13-14(19)8-5-9-15(13)20/h2-9,11H,10H2,1H3,(H,21,24)/t11-/m0/s1. The van der Waals surface area contributed by atoms with Crippen molar-refractivity contribution in [3.63, 3.8) is 0 Å². The second-order valence-electron chi connectivity index (χ2n) is 5.48. The summed E-state index contributed by atoms with van der Waals surface area (Å²) >= 11 is 5.98. The van der Waals surface area contributed by atoms with Gasteiger partial charge in [-0.25, -0.2) is 4.39 Å². The highest BCUT2D eigenvalue weighted by Gasteiger charge is 2.19. The molecule has 1 amide bonds. The fraction of sp³-hybridized carbons (Fsp3) is 0.167. The molecule has 1 atom stereocenters. The molecule has 5 nitrogen and oxygen atoms in total. The van der Waals surface area contributed by atoms with Crippen molar-refractivity contribution in [2.75, 3.05) is 0 Å². The second-order valence-corrected chi connectivity index (χ2v) is 5.89. The summed E-state index contributed by atoms with van der Waals surface area (Å²) in [5.41, 5.74) is 1.20. The molecule has 25 heavy (non-hydrogen) atoms. The molecule has 3 aromatic rings. The Labute approximate surface area is 148 Å². The molecule has 1 aromatic heterocycles. The summed E-state index contributed by atoms with van der Waals surface area (Å²) in [6, 6.07) is 13.7. The van der Waals surface area contributed by atoms with Crippen molar-refractivity contribution < 1.29 is 13.6 Å². The van der Waals surface area contributed by atoms with Crippen molar-refractivity contribution >= 4 is 17.5 Å². The lowest BCUT2D eigenvalue weighted by atomic mass is 10.1. The number of carbonyl (C=O) groups excluding carboxylic acids is 1. The molecule has 1 N–H and O–H groups in total. The van der Waals surface area contributed by atoms with Crippen molar-refractivity contribution in [1.29, 1.82) is 0 Å². The average Bonchev–Trinajstić information content (AvgIpc) is 3.08. The maximum absolute atomic E-state index is 13.8. The highest BCUT2D eigenvalue weighted by Crippen LogP contribution is 2.22. The Morgan fingerprint density at radius 1 is 1.20 bits per heavy atom. The van der Waals surface area contributed by atoms with Crippen LogP contribution in [0.15, 0.2) is 52.9 Å². The number of halogens is 2. The number of aromatic nitrogens is 2. The van der Waals surface area contributed by atoms with Crippen LogP contribution in [0, 0.1) is 5.82 Å². The smallest absolute Gasteiger partial charge is 0.309 e. The van der Waals surface area contributed by atoms with E-state index in [4.69, 9.17) is 16.0 Å². The van der Waals surface area contributed by atoms with Gasteiger partial charge in [0.05, 0.1) is 12.5 Å². The second kappa shape index (κ2) is 7.44. The Morgan fingerprint density at radius 3 is 2.68 bits per heavy atom. The van der Waals surface area contributed by atoms with Gasteiger partial charge in [-0.1, -0.05) is 48.0 Å². The normalized spacial score (nSPS) is 12.0. The Hall–Kier alpha value is -2.73. The average molecular weight is 360 g/mol. The van der Waals surface area contributed by atoms with Crippen LogP contribution >= 0.6 is 11.6 Å². The Balaban J connectivity index is 1.70. The Morgan fingerprint density at radius 2 is 1.96 bits per heavy atom. The van der Waals surface area contributed by atoms with Crippen LogP contribution in [0.1, 0.15) is 40.7 Å². The summed E-state index contributed by atoms with van der Waals surface area (Å²) < 4.78 is 19.1. The van der Waals surface area contributed by atoms with Crippen molar-refractivity contribution in [3.8, 4) is 0 Å². The molecule has 3 rings (SSSR count). The molecule has 0 aliphatic rings. The van der Waals surface area contributed by atoms with Crippen LogP contribution in [-0.4, -0.2) is 16.1 Å². The van der Waals surface area contributed by atoms with Crippen LogP contribution in [0.3, 0.4) is 0 Å². The van der Waals surface area contributed by atoms with Crippen molar-refractivity contribution in [3.05, 3.63) is 82.3 Å². The Kier molecular flexibility index (Phi) is 5.09. The number of nitrogens with one attached hydrogen (secondary N) is 1. The predicted molar refractivity (Wildman–Crippen MR) is 90.8 cm³/mol. The van der Waals surface area contributed by atoms with Gasteiger partial charge >= 0.3 is 11.8 Å². The van der Waals surface area contributed by atoms with Gasteiger partial charge in [-0.15, -0.1) is 10.2 Å². The van der Waals surface area contributed by atoms with E-state index in [2.05, 4.69) is 15.5 Å². The number of nitrogens with zero attached hydrogens (tertiary/aromatic N) is 2. The van der Waals surface area contributed by atoms with Crippen LogP contribution in [-0.2, 0) is 6.42 Å². The zero-order chi connectivity index (χ0) is 17.8. The lowest BCUT2D eigenvalue weighted by Gasteiger charge is -2.12. The number of rotatable bonds is 5. The molecule has 0 bridgehead atoms. The molecule has 0 saturated heterocycles. The number of hydrogen-bond donors (Lipinski definition) is 1. The lowest BCUT2D eigenvalue weighted by molar-refractivity contribution is 0.0903. The minimum absolute atomic E-state index is 0.0139. The summed E-state index contributed by atoms with van der Waals surface area (Å²) in [7, 11) is 0. The van der Waals surface area contributed by atoms with Gasteiger partial charge in [0, 0.05) is 10.6 Å². The van der Waals surface area contributed by atoms with Crippen LogP contribution in [0.25, 0.3) is 0 Å². The number of carbonyl (C=O) groups is 1. The third-order valence-electron chi connectivity index (χ3n) is 3.70. The topological polar surface area (TPSA) is 68.0 Å². The van der Waals surface area contributed by atoms with E-state index in [1.807, 2.05) is 37.3 Å². The third kappa shape index (κ3) is 4.03. The SMILES string of the molecule is C[C@H](NC(=O)c1nnc(Cc2c(F)cccc2Cl)o1)c1ccccc1. The van der Waals surface area contributed by atoms with Crippen LogP contribution < -0.4 is 5.32 Å². The molecule has 128 valence electrons. The first kappa shape index (κ1) is 17.1. The van der Waals surface area contributed by atoms with E-state index >= 15 is 0 Å². The maximum Gasteiger partial charge on any atom is 0.309 e. The zero-order valence-electron chi connectivity index (χ0n) is 13.4. The molecule has 0 unspecified atom stereocenters. The molecule has 0 fully saturated rings. The van der Waals surface area contributed by atoms with Crippen LogP contribution in [0.2, 0.25) is 5.02 Å². The van der Waals surface area contributed by atoms with Gasteiger partial charge in [-0.3, -0.25) is 4.79 Å². The predicted octanol–water partition coefficient (Wildman–Crippen LogP) is 3.94. The third-order valence-corrected chi connectivity index (χ3v) is 4.05. The molecular formula is C18H15ClFN3O2. The largest absolute Gasteiger partial charge is 0.417 e. The van der Waals surface area contributed by atoms with E-state index in [9.17, 15) is 9.18 Å². The van der Waals surface area contributed by atoms with Crippen molar-refractivity contribution in [1.82, 2.24) is 15.5 Å². The Bertz CT molecular complexity index is 863. The number of hydrogen-bond acceptors (Lipinski definition) is 4. The summed E-state index contributed by atoms with van der Waals surface area (Å²) in [5.74, 6) is -1.01. The van der Waals surface area contributed by atoms with E-state index in [1.54, 1.807) is 6.07 Å². The van der Waals surface area contributed by atoms with E-state index in [0.717, 1.165) is 5.56 Å². The van der Waals surface area contributed by atoms with Gasteiger partial charge in [-0.2, -0.15) is 0 Å². The van der Waals surface area contributed by atoms with E-state index in [-0.39, 0.29) is 34.8 Å². The number of amides is 1. The van der Waals surface area contributed by atoms with E-state index in [0.29, 0.717) is 0 Å². The summed E-state index contributed by atoms with van der Waals surface area (Å²) in [4.78, 5) is 12.2. The molecule has 2 aromatic carbocycles. The minimum Gasteiger partial charge on any atom is -0.417 e. The van der Waals surface area contributed by atoms with Crippen molar-refractivity contribution in [2.45, 2.75) is 19.4 Å². The lowest BCUT2D eigenvalue weighted by Crippen LogP contribution is -2.26. The monoisotopic (exact) mass is 359 g/mol. The highest BCUT2D eigenvalue weighted by molar-refractivity contribution is 6.31. The summed E-state index contributed by atoms with van der Waals surface area (Å²) in [5, 5.41) is 10.6. The maximum atomic E-state index is 13.8. The fourth-order valence-electron chi connectivity index (χ4n) is 2.35. The molecule has 0 spiro atoms. The van der Waals surface area contributed by atoms with Crippen LogP contribution in [0.4, 0.5) is 4.39 Å². The van der Waals surface area contributed by atoms with Gasteiger partial charge in [0.2, 0.25) is 5.89 Å². The molecule has 0 aliphatic carbocycles. The van der Waals surface area contributed by atoms with Crippen LogP contribution in [0.5, 0.6) is 0 Å². The van der Waals surface area contributed by atoms with Gasteiger partial charge in [0.15, 0.2) is 0 Å². The first-order chi connectivity index (χ1) is 12.0. The summed E-state index contributed by atoms with van der Waals surface area (Å²) in [6.45, 7) is 1.85. The molecule has 1 heterocycles. The molecule has 0 saturated carbocycles. The highest BCUT2D eigenvalue weighted by atomic mass is 35.5. The molecule has 0 radical (unpaired) electrons. The summed E-state index contributed by atoms with van der Waals surface area (Å²) in [6.07, 6.45) is 0.0139. The van der Waals surface area contributed by atoms with Gasteiger partial charge < -0.3 is 9.73 Å². The first-order valence-corrected chi connectivity index (χ1v) is 8.03. The van der Waals surface area contributed by atoms with E-state index < -0.39 is 11.7 Å². The van der Waals surface area contributed by atoms with Gasteiger partial charge in [0.25, 0.3) is 0 Å². The first-order valence-electron chi connectivity index (χ1n) is 7.65. The van der Waals surface area contributed by atoms with E-state index in [1.165, 1.54) is 12.1 Å². The molecular weight excluding hydrogens is 345 g/mol. The van der Waals surface area contributed by atoms with Crippen molar-refractivity contribution in [2.24, 2.45) is 0 Å². The number of benzene rings is 2. The quantitative estimate of drug-likeness (QED) is 0.749. The molecule has 0 aliphatic heterocycles. The molecule has 7 heteroatoms. The fourth-order valence-corrected chi connectivity index (χ4v) is 2.58. The minimum atomic E-state index is -0.491. The van der Waals surface area contributed by atoms with Gasteiger partial charge in [-0.05, 0) is 24.6 Å². The van der Waals surface area contributed by atoms with Gasteiger partial charge in [0.1, 0.15) is 5.82 Å².